The van der Waals surface area contributed by atoms with Gasteiger partial charge < -0.3 is 5.11 Å². The Morgan fingerprint density at radius 1 is 1.05 bits per heavy atom. The molecule has 0 aromatic heterocycles. The molecule has 22 heavy (non-hydrogen) atoms. The van der Waals surface area contributed by atoms with E-state index in [-0.39, 0.29) is 18.0 Å². The number of carbonyl (C=O) groups excluding carboxylic acids is 1. The number of fused-ring (bicyclic) bond motifs is 1. The predicted molar refractivity (Wildman–Crippen MR) is 75.6 cm³/mol. The van der Waals surface area contributed by atoms with Gasteiger partial charge in [-0.1, -0.05) is 24.3 Å². The molecule has 0 atom stereocenters. The van der Waals surface area contributed by atoms with Crippen molar-refractivity contribution >= 4 is 11.9 Å². The van der Waals surface area contributed by atoms with Gasteiger partial charge in [-0.3, -0.25) is 4.79 Å². The fourth-order valence-corrected chi connectivity index (χ4v) is 2.50. The Labute approximate surface area is 124 Å². The smallest absolute Gasteiger partial charge is 0.416 e. The van der Waals surface area contributed by atoms with Gasteiger partial charge >= 0.3 is 6.18 Å². The van der Waals surface area contributed by atoms with Gasteiger partial charge in [0.2, 0.25) is 0 Å². The highest BCUT2D eigenvalue weighted by Crippen LogP contribution is 2.34. The number of phenols is 1. The van der Waals surface area contributed by atoms with Crippen LogP contribution in [0.5, 0.6) is 5.75 Å². The molecule has 0 spiro atoms. The molecule has 2 aromatic carbocycles. The molecule has 0 radical (unpaired) electrons. The van der Waals surface area contributed by atoms with Crippen LogP contribution in [0.4, 0.5) is 13.2 Å². The zero-order chi connectivity index (χ0) is 15.9. The molecule has 0 saturated heterocycles. The Kier molecular flexibility index (Phi) is 3.28. The normalized spacial score (nSPS) is 16.1. The summed E-state index contributed by atoms with van der Waals surface area (Å²) in [5.74, 6) is -0.146. The number of halogens is 3. The number of allylic oxidation sites excluding steroid dienone is 1. The minimum Gasteiger partial charge on any atom is -0.508 e. The van der Waals surface area contributed by atoms with Crippen LogP contribution in [0.3, 0.4) is 0 Å². The van der Waals surface area contributed by atoms with Gasteiger partial charge in [0.05, 0.1) is 5.56 Å². The van der Waals surface area contributed by atoms with Crippen molar-refractivity contribution < 1.29 is 23.1 Å². The number of alkyl halides is 3. The molecular formula is C17H11F3O2. The summed E-state index contributed by atoms with van der Waals surface area (Å²) in [5, 5.41) is 9.75. The van der Waals surface area contributed by atoms with Crippen molar-refractivity contribution in [3.63, 3.8) is 0 Å². The molecule has 1 aliphatic rings. The molecule has 0 heterocycles. The second kappa shape index (κ2) is 5.02. The minimum absolute atomic E-state index is 0.0571. The van der Waals surface area contributed by atoms with Gasteiger partial charge in [0.25, 0.3) is 0 Å². The maximum Gasteiger partial charge on any atom is 0.416 e. The molecule has 0 aliphatic heterocycles. The van der Waals surface area contributed by atoms with E-state index in [2.05, 4.69) is 0 Å². The van der Waals surface area contributed by atoms with Crippen molar-refractivity contribution in [1.82, 2.24) is 0 Å². The number of aromatic hydroxyl groups is 1. The highest BCUT2D eigenvalue weighted by molar-refractivity contribution is 6.16. The van der Waals surface area contributed by atoms with E-state index < -0.39 is 11.7 Å². The summed E-state index contributed by atoms with van der Waals surface area (Å²) >= 11 is 0. The van der Waals surface area contributed by atoms with Crippen molar-refractivity contribution in [3.05, 3.63) is 70.3 Å². The molecule has 112 valence electrons. The van der Waals surface area contributed by atoms with Crippen LogP contribution in [0.25, 0.3) is 6.08 Å². The lowest BCUT2D eigenvalue weighted by atomic mass is 10.1. The van der Waals surface area contributed by atoms with Crippen molar-refractivity contribution in [3.8, 4) is 5.75 Å². The molecule has 2 nitrogen and oxygen atoms in total. The molecule has 0 unspecified atom stereocenters. The Morgan fingerprint density at radius 2 is 1.73 bits per heavy atom. The van der Waals surface area contributed by atoms with E-state index in [0.717, 1.165) is 12.1 Å². The third kappa shape index (κ3) is 2.50. The number of rotatable bonds is 1. The first-order valence-corrected chi connectivity index (χ1v) is 6.59. The van der Waals surface area contributed by atoms with Crippen LogP contribution in [-0.2, 0) is 12.6 Å². The predicted octanol–water partition coefficient (Wildman–Crippen LogP) is 4.23. The highest BCUT2D eigenvalue weighted by atomic mass is 19.4. The Bertz CT molecular complexity index is 771. The van der Waals surface area contributed by atoms with Gasteiger partial charge in [-0.05, 0) is 29.8 Å². The largest absolute Gasteiger partial charge is 0.508 e. The van der Waals surface area contributed by atoms with Crippen LogP contribution in [0.1, 0.15) is 27.0 Å². The van der Waals surface area contributed by atoms with Crippen LogP contribution in [-0.4, -0.2) is 10.9 Å². The molecule has 0 amide bonds. The zero-order valence-corrected chi connectivity index (χ0v) is 11.3. The fourth-order valence-electron chi connectivity index (χ4n) is 2.50. The van der Waals surface area contributed by atoms with Crippen LogP contribution in [0, 0.1) is 0 Å². The average Bonchev–Trinajstić information content (AvgIpc) is 2.77. The van der Waals surface area contributed by atoms with Crippen LogP contribution < -0.4 is 0 Å². The zero-order valence-electron chi connectivity index (χ0n) is 11.3. The summed E-state index contributed by atoms with van der Waals surface area (Å²) in [4.78, 5) is 12.2. The number of hydrogen-bond donors (Lipinski definition) is 1. The van der Waals surface area contributed by atoms with Crippen LogP contribution in [0.15, 0.2) is 48.0 Å². The van der Waals surface area contributed by atoms with Gasteiger partial charge in [0.1, 0.15) is 5.75 Å². The van der Waals surface area contributed by atoms with E-state index in [0.29, 0.717) is 22.3 Å². The second-order valence-electron chi connectivity index (χ2n) is 5.10. The SMILES string of the molecule is O=C1/C(=C\c2ccc(C(F)(F)F)cc2)Cc2c(O)cccc21. The maximum absolute atomic E-state index is 12.5. The number of ketones is 1. The first kappa shape index (κ1) is 14.4. The number of Topliss-reactive ketones (excluding diaryl/α,β-unsaturated/α-hetero) is 1. The van der Waals surface area contributed by atoms with E-state index in [1.54, 1.807) is 18.2 Å². The standard InChI is InChI=1S/C17H11F3O2/c18-17(19,20)12-6-4-10(5-7-12)8-11-9-14-13(16(11)22)2-1-3-15(14)21/h1-8,21H,9H2/b11-8-. The molecule has 1 N–H and O–H groups in total. The number of carbonyl (C=O) groups is 1. The summed E-state index contributed by atoms with van der Waals surface area (Å²) in [7, 11) is 0. The fraction of sp³-hybridized carbons (Fsp3) is 0.118. The Morgan fingerprint density at radius 3 is 2.32 bits per heavy atom. The van der Waals surface area contributed by atoms with E-state index in [9.17, 15) is 23.1 Å². The highest BCUT2D eigenvalue weighted by Gasteiger charge is 2.30. The number of phenolic OH excluding ortho intramolecular Hbond substituents is 1. The lowest BCUT2D eigenvalue weighted by Gasteiger charge is -2.06. The van der Waals surface area contributed by atoms with Crippen molar-refractivity contribution in [2.24, 2.45) is 0 Å². The van der Waals surface area contributed by atoms with Gasteiger partial charge in [-0.2, -0.15) is 13.2 Å². The molecule has 5 heteroatoms. The summed E-state index contributed by atoms with van der Waals surface area (Å²) in [6.07, 6.45) is -2.54. The molecular weight excluding hydrogens is 293 g/mol. The molecule has 3 rings (SSSR count). The van der Waals surface area contributed by atoms with Crippen molar-refractivity contribution in [2.75, 3.05) is 0 Å². The molecule has 1 aliphatic carbocycles. The molecule has 0 saturated carbocycles. The van der Waals surface area contributed by atoms with Gasteiger partial charge in [0.15, 0.2) is 5.78 Å². The summed E-state index contributed by atoms with van der Waals surface area (Å²) in [5.41, 5.74) is 1.25. The summed E-state index contributed by atoms with van der Waals surface area (Å²) in [6, 6.07) is 9.34. The van der Waals surface area contributed by atoms with Crippen molar-refractivity contribution in [1.29, 1.82) is 0 Å². The minimum atomic E-state index is -4.38. The van der Waals surface area contributed by atoms with Crippen LogP contribution >= 0.6 is 0 Å². The van der Waals surface area contributed by atoms with Gasteiger partial charge in [-0.15, -0.1) is 0 Å². The quantitative estimate of drug-likeness (QED) is 0.800. The topological polar surface area (TPSA) is 37.3 Å². The summed E-state index contributed by atoms with van der Waals surface area (Å²) in [6.45, 7) is 0. The molecule has 0 bridgehead atoms. The van der Waals surface area contributed by atoms with Gasteiger partial charge in [0, 0.05) is 23.1 Å². The maximum atomic E-state index is 12.5. The monoisotopic (exact) mass is 304 g/mol. The number of benzene rings is 2. The third-order valence-electron chi connectivity index (χ3n) is 3.63. The van der Waals surface area contributed by atoms with Gasteiger partial charge in [-0.25, -0.2) is 0 Å². The first-order valence-electron chi connectivity index (χ1n) is 6.59. The Balaban J connectivity index is 1.92. The number of hydrogen-bond acceptors (Lipinski definition) is 2. The van der Waals surface area contributed by atoms with E-state index in [1.165, 1.54) is 18.2 Å². The van der Waals surface area contributed by atoms with E-state index in [1.807, 2.05) is 0 Å². The van der Waals surface area contributed by atoms with Crippen LogP contribution in [0.2, 0.25) is 0 Å². The molecule has 0 fully saturated rings. The van der Waals surface area contributed by atoms with E-state index >= 15 is 0 Å². The third-order valence-corrected chi connectivity index (χ3v) is 3.63. The first-order chi connectivity index (χ1) is 10.4. The van der Waals surface area contributed by atoms with Crippen molar-refractivity contribution in [2.45, 2.75) is 12.6 Å². The molecule has 2 aromatic rings. The second-order valence-corrected chi connectivity index (χ2v) is 5.10. The lowest BCUT2D eigenvalue weighted by Crippen LogP contribution is -2.04. The Hall–Kier alpha value is -2.56. The lowest BCUT2D eigenvalue weighted by molar-refractivity contribution is -0.137. The van der Waals surface area contributed by atoms with E-state index in [4.69, 9.17) is 0 Å². The average molecular weight is 304 g/mol. The summed E-state index contributed by atoms with van der Waals surface area (Å²) < 4.78 is 37.5.